The predicted octanol–water partition coefficient (Wildman–Crippen LogP) is 3.31. The molecule has 1 heterocycles. The van der Waals surface area contributed by atoms with E-state index in [9.17, 15) is 13.6 Å². The topological polar surface area (TPSA) is 56.1 Å². The van der Waals surface area contributed by atoms with Gasteiger partial charge in [0.05, 0.1) is 23.9 Å². The molecule has 1 amide bonds. The number of nitrogens with zero attached hydrogens (tertiary/aromatic N) is 2. The van der Waals surface area contributed by atoms with Crippen molar-refractivity contribution in [2.45, 2.75) is 44.2 Å². The van der Waals surface area contributed by atoms with Gasteiger partial charge < -0.3 is 10.2 Å². The molecule has 3 rings (SSSR count). The molecule has 6 heteroatoms. The minimum absolute atomic E-state index is 0.0936. The molecule has 1 aliphatic carbocycles. The summed E-state index contributed by atoms with van der Waals surface area (Å²) in [6.07, 6.45) is 4.07. The van der Waals surface area contributed by atoms with Crippen LogP contribution in [0.4, 0.5) is 14.5 Å². The molecule has 1 aliphatic heterocycles. The highest BCUT2D eigenvalue weighted by Crippen LogP contribution is 2.33. The number of rotatable bonds is 4. The first-order chi connectivity index (χ1) is 12.0. The second kappa shape index (κ2) is 7.38. The second-order valence-electron chi connectivity index (χ2n) is 7.12. The van der Waals surface area contributed by atoms with E-state index >= 15 is 0 Å². The maximum absolute atomic E-state index is 14.3. The number of halogens is 2. The third kappa shape index (κ3) is 4.09. The number of carbonyl (C=O) groups excluding carboxylic acids is 1. The highest BCUT2D eigenvalue weighted by atomic mass is 19.1. The van der Waals surface area contributed by atoms with E-state index in [1.165, 1.54) is 6.07 Å². The third-order valence-electron chi connectivity index (χ3n) is 5.36. The van der Waals surface area contributed by atoms with E-state index in [4.69, 9.17) is 5.26 Å². The first kappa shape index (κ1) is 17.7. The van der Waals surface area contributed by atoms with Crippen LogP contribution in [0.3, 0.4) is 0 Å². The van der Waals surface area contributed by atoms with Crippen molar-refractivity contribution >= 4 is 11.6 Å². The van der Waals surface area contributed by atoms with Crippen molar-refractivity contribution < 1.29 is 13.6 Å². The third-order valence-corrected chi connectivity index (χ3v) is 5.36. The maximum Gasteiger partial charge on any atom is 0.223 e. The number of hydrogen-bond donors (Lipinski definition) is 1. The second-order valence-corrected chi connectivity index (χ2v) is 7.12. The molecule has 2 aliphatic rings. The van der Waals surface area contributed by atoms with Crippen LogP contribution in [-0.2, 0) is 4.79 Å². The van der Waals surface area contributed by atoms with Gasteiger partial charge in [-0.1, -0.05) is 12.8 Å². The Morgan fingerprint density at radius 2 is 2.00 bits per heavy atom. The number of hydrogen-bond acceptors (Lipinski definition) is 3. The van der Waals surface area contributed by atoms with Gasteiger partial charge in [-0.3, -0.25) is 4.79 Å². The van der Waals surface area contributed by atoms with Gasteiger partial charge in [-0.25, -0.2) is 8.78 Å². The number of anilines is 1. The molecular formula is C19H23F2N3O. The first-order valence-corrected chi connectivity index (χ1v) is 8.92. The number of piperidine rings is 1. The minimum Gasteiger partial charge on any atom is -0.369 e. The SMILES string of the molecule is N#Cc1ccc(N2CCC(C(=O)NCC3(F)CCCC3)CC2)c(F)c1. The number of alkyl halides is 1. The molecule has 1 aromatic rings. The van der Waals surface area contributed by atoms with Crippen LogP contribution in [0.15, 0.2) is 18.2 Å². The predicted molar refractivity (Wildman–Crippen MR) is 91.4 cm³/mol. The van der Waals surface area contributed by atoms with Crippen molar-refractivity contribution in [3.8, 4) is 6.07 Å². The van der Waals surface area contributed by atoms with E-state index in [0.717, 1.165) is 12.8 Å². The minimum atomic E-state index is -1.23. The van der Waals surface area contributed by atoms with Crippen LogP contribution >= 0.6 is 0 Å². The van der Waals surface area contributed by atoms with Crippen LogP contribution in [0.25, 0.3) is 0 Å². The lowest BCUT2D eigenvalue weighted by molar-refractivity contribution is -0.126. The molecule has 25 heavy (non-hydrogen) atoms. The molecular weight excluding hydrogens is 324 g/mol. The molecule has 0 radical (unpaired) electrons. The Morgan fingerprint density at radius 1 is 1.32 bits per heavy atom. The maximum atomic E-state index is 14.3. The number of amides is 1. The summed E-state index contributed by atoms with van der Waals surface area (Å²) in [6, 6.07) is 6.36. The molecule has 1 saturated heterocycles. The summed E-state index contributed by atoms with van der Waals surface area (Å²) in [6.45, 7) is 1.25. The summed E-state index contributed by atoms with van der Waals surface area (Å²) in [7, 11) is 0. The Morgan fingerprint density at radius 3 is 2.60 bits per heavy atom. The van der Waals surface area contributed by atoms with Crippen LogP contribution < -0.4 is 10.2 Å². The van der Waals surface area contributed by atoms with Crippen LogP contribution in [0.2, 0.25) is 0 Å². The zero-order chi connectivity index (χ0) is 17.9. The largest absolute Gasteiger partial charge is 0.369 e. The van der Waals surface area contributed by atoms with Gasteiger partial charge in [0.1, 0.15) is 11.5 Å². The van der Waals surface area contributed by atoms with Crippen molar-refractivity contribution in [3.63, 3.8) is 0 Å². The fourth-order valence-electron chi connectivity index (χ4n) is 3.79. The normalized spacial score (nSPS) is 20.3. The van der Waals surface area contributed by atoms with E-state index in [2.05, 4.69) is 5.32 Å². The number of nitrogens with one attached hydrogen (secondary N) is 1. The Balaban J connectivity index is 1.51. The summed E-state index contributed by atoms with van der Waals surface area (Å²) in [5.74, 6) is -0.658. The van der Waals surface area contributed by atoms with Crippen LogP contribution in [0, 0.1) is 23.1 Å². The molecule has 2 fully saturated rings. The lowest BCUT2D eigenvalue weighted by Crippen LogP contribution is -2.44. The molecule has 0 atom stereocenters. The van der Waals surface area contributed by atoms with E-state index in [-0.39, 0.29) is 18.4 Å². The van der Waals surface area contributed by atoms with E-state index in [1.807, 2.05) is 11.0 Å². The Bertz CT molecular complexity index is 672. The fourth-order valence-corrected chi connectivity index (χ4v) is 3.79. The van der Waals surface area contributed by atoms with E-state index in [1.54, 1.807) is 12.1 Å². The summed E-state index contributed by atoms with van der Waals surface area (Å²) in [5.41, 5.74) is -0.476. The van der Waals surface area contributed by atoms with Gasteiger partial charge in [-0.15, -0.1) is 0 Å². The first-order valence-electron chi connectivity index (χ1n) is 8.92. The fraction of sp³-hybridized carbons (Fsp3) is 0.579. The Labute approximate surface area is 146 Å². The standard InChI is InChI=1S/C19H23F2N3O/c20-16-11-14(12-22)3-4-17(16)24-9-5-15(6-10-24)18(25)23-13-19(21)7-1-2-8-19/h3-4,11,15H,1-2,5-10,13H2,(H,23,25). The van der Waals surface area contributed by atoms with Crippen molar-refractivity contribution in [2.24, 2.45) is 5.92 Å². The Kier molecular flexibility index (Phi) is 5.22. The summed E-state index contributed by atoms with van der Waals surface area (Å²) < 4.78 is 28.4. The van der Waals surface area contributed by atoms with Crippen LogP contribution in [-0.4, -0.2) is 31.2 Å². The lowest BCUT2D eigenvalue weighted by atomic mass is 9.94. The Hall–Kier alpha value is -2.16. The van der Waals surface area contributed by atoms with Gasteiger partial charge in [-0.2, -0.15) is 5.26 Å². The highest BCUT2D eigenvalue weighted by molar-refractivity contribution is 5.79. The number of benzene rings is 1. The van der Waals surface area contributed by atoms with Gasteiger partial charge in [0, 0.05) is 19.0 Å². The van der Waals surface area contributed by atoms with Gasteiger partial charge in [0.15, 0.2) is 0 Å². The zero-order valence-electron chi connectivity index (χ0n) is 14.2. The molecule has 134 valence electrons. The number of nitriles is 1. The van der Waals surface area contributed by atoms with E-state index < -0.39 is 11.5 Å². The lowest BCUT2D eigenvalue weighted by Gasteiger charge is -2.33. The molecule has 0 unspecified atom stereocenters. The smallest absolute Gasteiger partial charge is 0.223 e. The highest BCUT2D eigenvalue weighted by Gasteiger charge is 2.35. The van der Waals surface area contributed by atoms with Crippen molar-refractivity contribution in [2.75, 3.05) is 24.5 Å². The molecule has 0 spiro atoms. The van der Waals surface area contributed by atoms with Crippen molar-refractivity contribution in [1.82, 2.24) is 5.32 Å². The average Bonchev–Trinajstić information content (AvgIpc) is 3.07. The summed E-state index contributed by atoms with van der Waals surface area (Å²) in [4.78, 5) is 14.2. The number of carbonyl (C=O) groups is 1. The van der Waals surface area contributed by atoms with E-state index in [0.29, 0.717) is 50.0 Å². The van der Waals surface area contributed by atoms with Gasteiger partial charge in [0.25, 0.3) is 0 Å². The van der Waals surface area contributed by atoms with Gasteiger partial charge in [-0.05, 0) is 43.9 Å². The van der Waals surface area contributed by atoms with Gasteiger partial charge in [0.2, 0.25) is 5.91 Å². The monoisotopic (exact) mass is 347 g/mol. The molecule has 0 bridgehead atoms. The molecule has 4 nitrogen and oxygen atoms in total. The van der Waals surface area contributed by atoms with Crippen LogP contribution in [0.5, 0.6) is 0 Å². The van der Waals surface area contributed by atoms with Crippen molar-refractivity contribution in [1.29, 1.82) is 5.26 Å². The molecule has 1 N–H and O–H groups in total. The van der Waals surface area contributed by atoms with Crippen LogP contribution in [0.1, 0.15) is 44.1 Å². The van der Waals surface area contributed by atoms with Crippen molar-refractivity contribution in [3.05, 3.63) is 29.6 Å². The molecule has 1 aromatic carbocycles. The zero-order valence-corrected chi connectivity index (χ0v) is 14.2. The summed E-state index contributed by atoms with van der Waals surface area (Å²) in [5, 5.41) is 11.6. The summed E-state index contributed by atoms with van der Waals surface area (Å²) >= 11 is 0. The van der Waals surface area contributed by atoms with Gasteiger partial charge >= 0.3 is 0 Å². The average molecular weight is 347 g/mol. The quantitative estimate of drug-likeness (QED) is 0.909. The molecule has 0 aromatic heterocycles. The molecule has 1 saturated carbocycles.